The van der Waals surface area contributed by atoms with Gasteiger partial charge in [0.1, 0.15) is 4.21 Å². The summed E-state index contributed by atoms with van der Waals surface area (Å²) in [6.07, 6.45) is 4.84. The molecule has 0 amide bonds. The van der Waals surface area contributed by atoms with Gasteiger partial charge in [0.05, 0.1) is 0 Å². The Kier molecular flexibility index (Phi) is 5.00. The number of thiophene rings is 1. The lowest BCUT2D eigenvalue weighted by Gasteiger charge is -2.26. The molecule has 108 valence electrons. The summed E-state index contributed by atoms with van der Waals surface area (Å²) in [5, 5.41) is 0. The molecule has 1 aliphatic carbocycles. The zero-order valence-corrected chi connectivity index (χ0v) is 12.9. The number of hydrogen-bond acceptors (Lipinski definition) is 4. The molecule has 0 bridgehead atoms. The van der Waals surface area contributed by atoms with Crippen molar-refractivity contribution in [1.82, 2.24) is 4.72 Å². The average molecular weight is 302 g/mol. The van der Waals surface area contributed by atoms with Crippen LogP contribution in [0.3, 0.4) is 0 Å². The van der Waals surface area contributed by atoms with Crippen LogP contribution in [0, 0.1) is 5.92 Å². The van der Waals surface area contributed by atoms with Crippen LogP contribution in [0.2, 0.25) is 0 Å². The van der Waals surface area contributed by atoms with Crippen molar-refractivity contribution in [3.8, 4) is 0 Å². The Labute approximate surface area is 119 Å². The highest BCUT2D eigenvalue weighted by Crippen LogP contribution is 2.26. The molecule has 0 atom stereocenters. The summed E-state index contributed by atoms with van der Waals surface area (Å²) in [7, 11) is -3.35. The molecule has 0 radical (unpaired) electrons. The number of nitrogens with one attached hydrogen (secondary N) is 1. The minimum atomic E-state index is -3.35. The summed E-state index contributed by atoms with van der Waals surface area (Å²) >= 11 is 1.32. The molecule has 1 saturated carbocycles. The van der Waals surface area contributed by atoms with Crippen LogP contribution < -0.4 is 10.5 Å². The molecule has 1 aromatic rings. The lowest BCUT2D eigenvalue weighted by Crippen LogP contribution is -2.36. The van der Waals surface area contributed by atoms with Gasteiger partial charge in [-0.15, -0.1) is 11.3 Å². The van der Waals surface area contributed by atoms with Crippen LogP contribution in [-0.4, -0.2) is 21.0 Å². The monoisotopic (exact) mass is 302 g/mol. The molecule has 6 heteroatoms. The number of sulfonamides is 1. The third kappa shape index (κ3) is 4.02. The molecule has 4 nitrogen and oxygen atoms in total. The zero-order chi connectivity index (χ0) is 13.9. The first kappa shape index (κ1) is 15.0. The van der Waals surface area contributed by atoms with Crippen LogP contribution in [0.5, 0.6) is 0 Å². The van der Waals surface area contributed by atoms with Crippen molar-refractivity contribution in [3.05, 3.63) is 17.0 Å². The van der Waals surface area contributed by atoms with Gasteiger partial charge in [-0.05, 0) is 56.7 Å². The van der Waals surface area contributed by atoms with E-state index in [2.05, 4.69) is 11.6 Å². The molecular weight excluding hydrogens is 280 g/mol. The Bertz CT molecular complexity index is 502. The highest BCUT2D eigenvalue weighted by molar-refractivity contribution is 7.91. The smallest absolute Gasteiger partial charge is 0.250 e. The van der Waals surface area contributed by atoms with Gasteiger partial charge in [-0.25, -0.2) is 13.1 Å². The Hall–Kier alpha value is -0.430. The summed E-state index contributed by atoms with van der Waals surface area (Å²) in [5.74, 6) is 0.721. The maximum absolute atomic E-state index is 12.3. The second-order valence-corrected chi connectivity index (χ2v) is 8.45. The molecule has 0 aliphatic heterocycles. The standard InChI is InChI=1S/C13H22N2O2S2/c1-10-2-4-11(5-3-10)15-19(16,17)13-7-6-12(18-13)8-9-14/h6-7,10-11,15H,2-5,8-9,14H2,1H3. The van der Waals surface area contributed by atoms with Crippen LogP contribution in [0.1, 0.15) is 37.5 Å². The minimum absolute atomic E-state index is 0.0984. The number of hydrogen-bond donors (Lipinski definition) is 2. The molecule has 0 unspecified atom stereocenters. The summed E-state index contributed by atoms with van der Waals surface area (Å²) in [5.41, 5.74) is 5.48. The summed E-state index contributed by atoms with van der Waals surface area (Å²) in [4.78, 5) is 1.03. The molecule has 1 aliphatic rings. The minimum Gasteiger partial charge on any atom is -0.330 e. The van der Waals surface area contributed by atoms with Crippen molar-refractivity contribution in [1.29, 1.82) is 0 Å². The van der Waals surface area contributed by atoms with Gasteiger partial charge in [-0.1, -0.05) is 6.92 Å². The molecular formula is C13H22N2O2S2. The first-order valence-corrected chi connectivity index (χ1v) is 9.12. The van der Waals surface area contributed by atoms with E-state index in [1.54, 1.807) is 6.07 Å². The second-order valence-electron chi connectivity index (χ2n) is 5.34. The molecule has 1 heterocycles. The quantitative estimate of drug-likeness (QED) is 0.875. The predicted octanol–water partition coefficient (Wildman–Crippen LogP) is 2.11. The molecule has 1 fully saturated rings. The van der Waals surface area contributed by atoms with E-state index in [0.29, 0.717) is 10.8 Å². The largest absolute Gasteiger partial charge is 0.330 e. The maximum Gasteiger partial charge on any atom is 0.250 e. The van der Waals surface area contributed by atoms with Gasteiger partial charge in [0, 0.05) is 10.9 Å². The fraction of sp³-hybridized carbons (Fsp3) is 0.692. The Morgan fingerprint density at radius 2 is 2.00 bits per heavy atom. The van der Waals surface area contributed by atoms with E-state index in [0.717, 1.165) is 42.9 Å². The van der Waals surface area contributed by atoms with Crippen molar-refractivity contribution in [3.63, 3.8) is 0 Å². The van der Waals surface area contributed by atoms with Crippen LogP contribution >= 0.6 is 11.3 Å². The Morgan fingerprint density at radius 3 is 2.63 bits per heavy atom. The van der Waals surface area contributed by atoms with Crippen LogP contribution in [0.25, 0.3) is 0 Å². The van der Waals surface area contributed by atoms with Crippen LogP contribution in [0.4, 0.5) is 0 Å². The van der Waals surface area contributed by atoms with Crippen molar-refractivity contribution in [2.75, 3.05) is 6.54 Å². The second kappa shape index (κ2) is 6.35. The van der Waals surface area contributed by atoms with Gasteiger partial charge < -0.3 is 5.73 Å². The zero-order valence-electron chi connectivity index (χ0n) is 11.3. The van der Waals surface area contributed by atoms with Gasteiger partial charge in [0.2, 0.25) is 10.0 Å². The fourth-order valence-electron chi connectivity index (χ4n) is 2.43. The third-order valence-electron chi connectivity index (χ3n) is 3.63. The van der Waals surface area contributed by atoms with Gasteiger partial charge >= 0.3 is 0 Å². The van der Waals surface area contributed by atoms with E-state index in [1.165, 1.54) is 11.3 Å². The third-order valence-corrected chi connectivity index (χ3v) is 6.79. The van der Waals surface area contributed by atoms with E-state index >= 15 is 0 Å². The first-order chi connectivity index (χ1) is 9.01. The van der Waals surface area contributed by atoms with Crippen LogP contribution in [0.15, 0.2) is 16.3 Å². The SMILES string of the molecule is CC1CCC(NS(=O)(=O)c2ccc(CCN)s2)CC1. The highest BCUT2D eigenvalue weighted by Gasteiger charge is 2.25. The predicted molar refractivity (Wildman–Crippen MR) is 78.8 cm³/mol. The van der Waals surface area contributed by atoms with Gasteiger partial charge in [-0.3, -0.25) is 0 Å². The number of rotatable bonds is 5. The molecule has 0 saturated heterocycles. The van der Waals surface area contributed by atoms with Gasteiger partial charge in [0.15, 0.2) is 0 Å². The molecule has 1 aromatic heterocycles. The molecule has 3 N–H and O–H groups in total. The maximum atomic E-state index is 12.3. The van der Waals surface area contributed by atoms with Gasteiger partial charge in [-0.2, -0.15) is 0 Å². The number of nitrogens with two attached hydrogens (primary N) is 1. The van der Waals surface area contributed by atoms with E-state index in [4.69, 9.17) is 5.73 Å². The normalized spacial score (nSPS) is 24.5. The average Bonchev–Trinajstić information content (AvgIpc) is 2.82. The van der Waals surface area contributed by atoms with Crippen molar-refractivity contribution in [2.24, 2.45) is 11.7 Å². The van der Waals surface area contributed by atoms with Crippen molar-refractivity contribution in [2.45, 2.75) is 49.3 Å². The summed E-state index contributed by atoms with van der Waals surface area (Å²) in [6, 6.07) is 3.64. The topological polar surface area (TPSA) is 72.2 Å². The first-order valence-electron chi connectivity index (χ1n) is 6.82. The Morgan fingerprint density at radius 1 is 1.32 bits per heavy atom. The molecule has 0 aromatic carbocycles. The van der Waals surface area contributed by atoms with Crippen molar-refractivity contribution >= 4 is 21.4 Å². The lowest BCUT2D eigenvalue weighted by molar-refractivity contribution is 0.332. The van der Waals surface area contributed by atoms with Gasteiger partial charge in [0.25, 0.3) is 0 Å². The van der Waals surface area contributed by atoms with Crippen LogP contribution in [-0.2, 0) is 16.4 Å². The van der Waals surface area contributed by atoms with Crippen molar-refractivity contribution < 1.29 is 8.42 Å². The van der Waals surface area contributed by atoms with E-state index in [1.807, 2.05) is 6.07 Å². The molecule has 19 heavy (non-hydrogen) atoms. The molecule has 2 rings (SSSR count). The van der Waals surface area contributed by atoms with E-state index in [-0.39, 0.29) is 6.04 Å². The van der Waals surface area contributed by atoms with E-state index < -0.39 is 10.0 Å². The Balaban J connectivity index is 2.01. The fourth-order valence-corrected chi connectivity index (χ4v) is 5.13. The lowest BCUT2D eigenvalue weighted by atomic mass is 9.88. The summed E-state index contributed by atoms with van der Waals surface area (Å²) < 4.78 is 27.8. The molecule has 0 spiro atoms. The van der Waals surface area contributed by atoms with E-state index in [9.17, 15) is 8.42 Å². The highest BCUT2D eigenvalue weighted by atomic mass is 32.2. The summed E-state index contributed by atoms with van der Waals surface area (Å²) in [6.45, 7) is 2.77.